The Morgan fingerprint density at radius 3 is 2.61 bits per heavy atom. The van der Waals surface area contributed by atoms with Crippen LogP contribution in [0.4, 0.5) is 11.5 Å². The summed E-state index contributed by atoms with van der Waals surface area (Å²) in [6.45, 7) is 5.77. The molecule has 0 radical (unpaired) electrons. The molecule has 2 amide bonds. The Kier molecular flexibility index (Phi) is 5.97. The molecule has 1 saturated carbocycles. The first-order valence-corrected chi connectivity index (χ1v) is 9.80. The van der Waals surface area contributed by atoms with Gasteiger partial charge >= 0.3 is 0 Å². The van der Waals surface area contributed by atoms with Gasteiger partial charge in [0.25, 0.3) is 5.91 Å². The molecule has 28 heavy (non-hydrogen) atoms. The average molecular weight is 380 g/mol. The van der Waals surface area contributed by atoms with E-state index in [1.54, 1.807) is 12.3 Å². The molecule has 4 N–H and O–H groups in total. The third kappa shape index (κ3) is 4.68. The third-order valence-electron chi connectivity index (χ3n) is 5.10. The standard InChI is InChI=1S/C22H28N4O2/c1-13(2)25-22(28)19-11-16(12-24-21(19)23)18-8-7-17(9-14(18)3)26-20(27)10-15-5-4-6-15/h7-9,11-13,15H,4-6,10H2,1-3H3,(H2,23,24)(H,25,28)(H,26,27). The third-order valence-corrected chi connectivity index (χ3v) is 5.10. The van der Waals surface area contributed by atoms with Gasteiger partial charge in [0.1, 0.15) is 5.82 Å². The summed E-state index contributed by atoms with van der Waals surface area (Å²) in [5, 5.41) is 5.82. The van der Waals surface area contributed by atoms with Crippen molar-refractivity contribution in [1.82, 2.24) is 10.3 Å². The van der Waals surface area contributed by atoms with Gasteiger partial charge in [-0.2, -0.15) is 0 Å². The minimum atomic E-state index is -0.237. The second-order valence-electron chi connectivity index (χ2n) is 7.86. The van der Waals surface area contributed by atoms with Crippen LogP contribution >= 0.6 is 0 Å². The van der Waals surface area contributed by atoms with Crippen molar-refractivity contribution in [1.29, 1.82) is 0 Å². The summed E-state index contributed by atoms with van der Waals surface area (Å²) in [4.78, 5) is 28.7. The van der Waals surface area contributed by atoms with Crippen molar-refractivity contribution in [3.8, 4) is 11.1 Å². The Bertz CT molecular complexity index is 888. The van der Waals surface area contributed by atoms with E-state index >= 15 is 0 Å². The van der Waals surface area contributed by atoms with Gasteiger partial charge in [-0.15, -0.1) is 0 Å². The van der Waals surface area contributed by atoms with Crippen LogP contribution in [-0.2, 0) is 4.79 Å². The topological polar surface area (TPSA) is 97.1 Å². The Morgan fingerprint density at radius 1 is 1.25 bits per heavy atom. The molecule has 1 heterocycles. The lowest BCUT2D eigenvalue weighted by Gasteiger charge is -2.24. The van der Waals surface area contributed by atoms with Gasteiger partial charge in [-0.1, -0.05) is 12.5 Å². The number of pyridine rings is 1. The van der Waals surface area contributed by atoms with E-state index in [4.69, 9.17) is 5.73 Å². The van der Waals surface area contributed by atoms with Crippen LogP contribution in [0.1, 0.15) is 55.5 Å². The summed E-state index contributed by atoms with van der Waals surface area (Å²) >= 11 is 0. The Balaban J connectivity index is 1.78. The molecule has 0 saturated heterocycles. The molecule has 0 atom stereocenters. The molecule has 0 unspecified atom stereocenters. The number of carbonyl (C=O) groups is 2. The summed E-state index contributed by atoms with van der Waals surface area (Å²) in [6, 6.07) is 7.53. The lowest BCUT2D eigenvalue weighted by molar-refractivity contribution is -0.117. The van der Waals surface area contributed by atoms with Crippen LogP contribution < -0.4 is 16.4 Å². The molecule has 0 bridgehead atoms. The van der Waals surface area contributed by atoms with E-state index in [1.807, 2.05) is 39.0 Å². The average Bonchev–Trinajstić information content (AvgIpc) is 2.58. The minimum Gasteiger partial charge on any atom is -0.383 e. The number of benzene rings is 1. The number of nitrogens with two attached hydrogens (primary N) is 1. The van der Waals surface area contributed by atoms with E-state index < -0.39 is 0 Å². The molecule has 3 rings (SSSR count). The highest BCUT2D eigenvalue weighted by Crippen LogP contribution is 2.30. The second kappa shape index (κ2) is 8.42. The molecule has 148 valence electrons. The van der Waals surface area contributed by atoms with Gasteiger partial charge in [0, 0.05) is 29.9 Å². The number of amides is 2. The minimum absolute atomic E-state index is 0.0140. The summed E-state index contributed by atoms with van der Waals surface area (Å²) in [5.41, 5.74) is 9.80. The highest BCUT2D eigenvalue weighted by Gasteiger charge is 2.20. The molecular formula is C22H28N4O2. The molecule has 1 fully saturated rings. The number of aromatic nitrogens is 1. The zero-order chi connectivity index (χ0) is 20.3. The summed E-state index contributed by atoms with van der Waals surface area (Å²) in [7, 11) is 0. The summed E-state index contributed by atoms with van der Waals surface area (Å²) in [5.74, 6) is 0.578. The maximum atomic E-state index is 12.4. The van der Waals surface area contributed by atoms with Gasteiger partial charge in [0.05, 0.1) is 5.56 Å². The van der Waals surface area contributed by atoms with Crippen LogP contribution in [0.5, 0.6) is 0 Å². The maximum Gasteiger partial charge on any atom is 0.255 e. The lowest BCUT2D eigenvalue weighted by Crippen LogP contribution is -2.30. The number of carbonyl (C=O) groups excluding carboxylic acids is 2. The van der Waals surface area contributed by atoms with Crippen molar-refractivity contribution < 1.29 is 9.59 Å². The van der Waals surface area contributed by atoms with Crippen LogP contribution in [0.25, 0.3) is 11.1 Å². The molecule has 1 aromatic carbocycles. The van der Waals surface area contributed by atoms with Crippen LogP contribution in [-0.4, -0.2) is 22.8 Å². The van der Waals surface area contributed by atoms with E-state index in [1.165, 1.54) is 6.42 Å². The number of hydrogen-bond donors (Lipinski definition) is 3. The van der Waals surface area contributed by atoms with E-state index in [-0.39, 0.29) is 23.7 Å². The number of nitrogens with one attached hydrogen (secondary N) is 2. The molecule has 0 aliphatic heterocycles. The predicted molar refractivity (Wildman–Crippen MR) is 112 cm³/mol. The van der Waals surface area contributed by atoms with E-state index in [0.29, 0.717) is 17.9 Å². The molecule has 6 nitrogen and oxygen atoms in total. The number of nitrogens with zero attached hydrogens (tertiary/aromatic N) is 1. The van der Waals surface area contributed by atoms with Gasteiger partial charge in [-0.25, -0.2) is 4.98 Å². The molecule has 2 aromatic rings. The molecule has 1 aromatic heterocycles. The molecular weight excluding hydrogens is 352 g/mol. The van der Waals surface area contributed by atoms with Gasteiger partial charge in [-0.3, -0.25) is 9.59 Å². The quantitative estimate of drug-likeness (QED) is 0.708. The lowest BCUT2D eigenvalue weighted by atomic mass is 9.83. The SMILES string of the molecule is Cc1cc(NC(=O)CC2CCC2)ccc1-c1cnc(N)c(C(=O)NC(C)C)c1. The molecule has 1 aliphatic rings. The fraction of sp³-hybridized carbons (Fsp3) is 0.409. The number of nitrogen functional groups attached to an aromatic ring is 1. The van der Waals surface area contributed by atoms with Crippen LogP contribution in [0.15, 0.2) is 30.5 Å². The maximum absolute atomic E-state index is 12.4. The molecule has 1 aliphatic carbocycles. The summed E-state index contributed by atoms with van der Waals surface area (Å²) < 4.78 is 0. The first-order valence-electron chi connectivity index (χ1n) is 9.80. The van der Waals surface area contributed by atoms with Crippen molar-refractivity contribution >= 4 is 23.3 Å². The highest BCUT2D eigenvalue weighted by molar-refractivity contribution is 5.99. The fourth-order valence-corrected chi connectivity index (χ4v) is 3.38. The van der Waals surface area contributed by atoms with Crippen molar-refractivity contribution in [2.45, 2.75) is 52.5 Å². The normalized spacial score (nSPS) is 13.9. The van der Waals surface area contributed by atoms with E-state index in [9.17, 15) is 9.59 Å². The smallest absolute Gasteiger partial charge is 0.255 e. The van der Waals surface area contributed by atoms with Gasteiger partial charge in [0.15, 0.2) is 0 Å². The number of aryl methyl sites for hydroxylation is 1. The predicted octanol–water partition coefficient (Wildman–Crippen LogP) is 3.91. The highest BCUT2D eigenvalue weighted by atomic mass is 16.2. The van der Waals surface area contributed by atoms with Crippen molar-refractivity contribution in [3.63, 3.8) is 0 Å². The van der Waals surface area contributed by atoms with Crippen LogP contribution in [0.2, 0.25) is 0 Å². The zero-order valence-electron chi connectivity index (χ0n) is 16.7. The second-order valence-corrected chi connectivity index (χ2v) is 7.86. The monoisotopic (exact) mass is 380 g/mol. The molecule has 6 heteroatoms. The van der Waals surface area contributed by atoms with Gasteiger partial charge in [0.2, 0.25) is 5.91 Å². The largest absolute Gasteiger partial charge is 0.383 e. The first kappa shape index (κ1) is 19.9. The molecule has 0 spiro atoms. The number of rotatable bonds is 6. The summed E-state index contributed by atoms with van der Waals surface area (Å²) in [6.07, 6.45) is 5.80. The zero-order valence-corrected chi connectivity index (χ0v) is 16.7. The van der Waals surface area contributed by atoms with E-state index in [2.05, 4.69) is 15.6 Å². The van der Waals surface area contributed by atoms with Gasteiger partial charge < -0.3 is 16.4 Å². The number of anilines is 2. The Hall–Kier alpha value is -2.89. The van der Waals surface area contributed by atoms with Crippen LogP contribution in [0.3, 0.4) is 0 Å². The fourth-order valence-electron chi connectivity index (χ4n) is 3.38. The Labute approximate surface area is 165 Å². The Morgan fingerprint density at radius 2 is 2.00 bits per heavy atom. The van der Waals surface area contributed by atoms with Crippen molar-refractivity contribution in [2.24, 2.45) is 5.92 Å². The van der Waals surface area contributed by atoms with Crippen molar-refractivity contribution in [3.05, 3.63) is 41.6 Å². The first-order chi connectivity index (χ1) is 13.3. The number of hydrogen-bond acceptors (Lipinski definition) is 4. The van der Waals surface area contributed by atoms with Gasteiger partial charge in [-0.05, 0) is 68.9 Å². The van der Waals surface area contributed by atoms with Crippen LogP contribution in [0, 0.1) is 12.8 Å². The van der Waals surface area contributed by atoms with E-state index in [0.717, 1.165) is 35.2 Å². The van der Waals surface area contributed by atoms with Crippen molar-refractivity contribution in [2.75, 3.05) is 11.1 Å².